The minimum absolute atomic E-state index is 0.0786. The van der Waals surface area contributed by atoms with Gasteiger partial charge in [0.05, 0.1) is 0 Å². The van der Waals surface area contributed by atoms with Gasteiger partial charge in [-0.05, 0) is 17.7 Å². The van der Waals surface area contributed by atoms with Crippen molar-refractivity contribution in [1.29, 1.82) is 0 Å². The maximum Gasteiger partial charge on any atom is 0.345 e. The van der Waals surface area contributed by atoms with E-state index < -0.39 is 18.0 Å². The Morgan fingerprint density at radius 1 is 1.31 bits per heavy atom. The summed E-state index contributed by atoms with van der Waals surface area (Å²) in [5.74, 6) is -1.72. The van der Waals surface area contributed by atoms with Crippen molar-refractivity contribution in [2.75, 3.05) is 0 Å². The summed E-state index contributed by atoms with van der Waals surface area (Å²) < 4.78 is 4.64. The fourth-order valence-corrected chi connectivity index (χ4v) is 1.23. The van der Waals surface area contributed by atoms with E-state index in [1.807, 2.05) is 0 Å². The number of aliphatic carboxylic acids is 1. The summed E-state index contributed by atoms with van der Waals surface area (Å²) in [6.45, 7) is 1.16. The molecule has 0 aromatic heterocycles. The Labute approximate surface area is 92.3 Å². The minimum atomic E-state index is -1.19. The third-order valence-corrected chi connectivity index (χ3v) is 1.94. The van der Waals surface area contributed by atoms with Gasteiger partial charge in [-0.2, -0.15) is 0 Å². The molecule has 1 rings (SSSR count). The number of hydrogen-bond donors (Lipinski definition) is 2. The summed E-state index contributed by atoms with van der Waals surface area (Å²) >= 11 is 0. The number of hydrogen-bond acceptors (Lipinski definition) is 4. The Bertz CT molecular complexity index is 382. The molecule has 1 aromatic carbocycles. The molecule has 86 valence electrons. The molecule has 0 bridgehead atoms. The van der Waals surface area contributed by atoms with E-state index >= 15 is 0 Å². The van der Waals surface area contributed by atoms with Gasteiger partial charge in [-0.15, -0.1) is 0 Å². The number of carbonyl (C=O) groups excluding carboxylic acids is 1. The zero-order valence-electron chi connectivity index (χ0n) is 8.71. The number of phenols is 1. The molecular formula is C11H12O5. The van der Waals surface area contributed by atoms with Crippen molar-refractivity contribution in [3.8, 4) is 5.75 Å². The molecular weight excluding hydrogens is 212 g/mol. The van der Waals surface area contributed by atoms with Crippen LogP contribution in [0.15, 0.2) is 24.3 Å². The summed E-state index contributed by atoms with van der Waals surface area (Å²) in [5.41, 5.74) is 0.673. The molecule has 0 radical (unpaired) electrons. The van der Waals surface area contributed by atoms with Crippen molar-refractivity contribution < 1.29 is 24.5 Å². The monoisotopic (exact) mass is 224 g/mol. The first-order chi connectivity index (χ1) is 7.49. The van der Waals surface area contributed by atoms with Crippen LogP contribution in [0.1, 0.15) is 12.5 Å². The van der Waals surface area contributed by atoms with E-state index in [9.17, 15) is 9.59 Å². The van der Waals surface area contributed by atoms with Gasteiger partial charge in [0.15, 0.2) is 0 Å². The number of carbonyl (C=O) groups is 2. The van der Waals surface area contributed by atoms with Crippen molar-refractivity contribution in [2.45, 2.75) is 19.4 Å². The zero-order valence-corrected chi connectivity index (χ0v) is 8.71. The molecule has 0 heterocycles. The second kappa shape index (κ2) is 5.16. The standard InChI is InChI=1S/C11H12O5/c1-7(12)16-10(11(14)15)6-8-2-4-9(13)5-3-8/h2-5,10,13H,6H2,1H3,(H,14,15). The SMILES string of the molecule is CC(=O)OC(Cc1ccc(O)cc1)C(=O)O. The predicted molar refractivity (Wildman–Crippen MR) is 55.0 cm³/mol. The Kier molecular flexibility index (Phi) is 3.88. The number of benzene rings is 1. The van der Waals surface area contributed by atoms with E-state index in [0.29, 0.717) is 5.56 Å². The highest BCUT2D eigenvalue weighted by atomic mass is 16.6. The Morgan fingerprint density at radius 2 is 1.88 bits per heavy atom. The van der Waals surface area contributed by atoms with Crippen LogP contribution in [0, 0.1) is 0 Å². The number of rotatable bonds is 4. The fourth-order valence-electron chi connectivity index (χ4n) is 1.23. The maximum atomic E-state index is 10.8. The molecule has 0 saturated heterocycles. The predicted octanol–water partition coefficient (Wildman–Crippen LogP) is 0.951. The van der Waals surface area contributed by atoms with E-state index in [0.717, 1.165) is 6.92 Å². The number of carboxylic acid groups (broad SMARTS) is 1. The first-order valence-electron chi connectivity index (χ1n) is 4.67. The fraction of sp³-hybridized carbons (Fsp3) is 0.273. The highest BCUT2D eigenvalue weighted by Gasteiger charge is 2.20. The van der Waals surface area contributed by atoms with Gasteiger partial charge >= 0.3 is 11.9 Å². The van der Waals surface area contributed by atoms with E-state index in [1.54, 1.807) is 12.1 Å². The number of esters is 1. The van der Waals surface area contributed by atoms with Gasteiger partial charge in [0, 0.05) is 13.3 Å². The lowest BCUT2D eigenvalue weighted by molar-refractivity contribution is -0.162. The lowest BCUT2D eigenvalue weighted by Crippen LogP contribution is -2.28. The molecule has 0 aliphatic heterocycles. The first-order valence-corrected chi connectivity index (χ1v) is 4.67. The van der Waals surface area contributed by atoms with Crippen molar-refractivity contribution in [3.63, 3.8) is 0 Å². The van der Waals surface area contributed by atoms with E-state index in [4.69, 9.17) is 10.2 Å². The van der Waals surface area contributed by atoms with Gasteiger partial charge in [-0.25, -0.2) is 4.79 Å². The summed E-state index contributed by atoms with van der Waals surface area (Å²) in [7, 11) is 0. The molecule has 0 aliphatic rings. The highest BCUT2D eigenvalue weighted by molar-refractivity contribution is 5.77. The number of phenolic OH excluding ortho intramolecular Hbond substituents is 1. The highest BCUT2D eigenvalue weighted by Crippen LogP contribution is 2.12. The average Bonchev–Trinajstić information content (AvgIpc) is 2.19. The number of carboxylic acids is 1. The van der Waals surface area contributed by atoms with Gasteiger partial charge in [0.25, 0.3) is 0 Å². The largest absolute Gasteiger partial charge is 0.508 e. The quantitative estimate of drug-likeness (QED) is 0.744. The topological polar surface area (TPSA) is 83.8 Å². The molecule has 2 N–H and O–H groups in total. The molecule has 0 amide bonds. The Hall–Kier alpha value is -2.04. The summed E-state index contributed by atoms with van der Waals surface area (Å²) in [5, 5.41) is 17.9. The number of aromatic hydroxyl groups is 1. The first kappa shape index (κ1) is 12.0. The van der Waals surface area contributed by atoms with E-state index in [1.165, 1.54) is 12.1 Å². The summed E-state index contributed by atoms with van der Waals surface area (Å²) in [6, 6.07) is 6.05. The van der Waals surface area contributed by atoms with Gasteiger partial charge in [-0.3, -0.25) is 4.79 Å². The van der Waals surface area contributed by atoms with Gasteiger partial charge < -0.3 is 14.9 Å². The lowest BCUT2D eigenvalue weighted by Gasteiger charge is -2.12. The molecule has 0 aliphatic carbocycles. The maximum absolute atomic E-state index is 10.8. The van der Waals surface area contributed by atoms with Crippen LogP contribution in [0.3, 0.4) is 0 Å². The molecule has 1 aromatic rings. The summed E-state index contributed by atoms with van der Waals surface area (Å²) in [6.07, 6.45) is -1.11. The van der Waals surface area contributed by atoms with E-state index in [2.05, 4.69) is 4.74 Å². The molecule has 5 nitrogen and oxygen atoms in total. The van der Waals surface area contributed by atoms with Crippen molar-refractivity contribution >= 4 is 11.9 Å². The van der Waals surface area contributed by atoms with Crippen LogP contribution < -0.4 is 0 Å². The van der Waals surface area contributed by atoms with Crippen LogP contribution in [-0.4, -0.2) is 28.3 Å². The van der Waals surface area contributed by atoms with Crippen molar-refractivity contribution in [1.82, 2.24) is 0 Å². The smallest absolute Gasteiger partial charge is 0.345 e. The third kappa shape index (κ3) is 3.61. The Balaban J connectivity index is 2.71. The molecule has 0 spiro atoms. The van der Waals surface area contributed by atoms with Gasteiger partial charge in [-0.1, -0.05) is 12.1 Å². The third-order valence-electron chi connectivity index (χ3n) is 1.94. The molecule has 1 unspecified atom stereocenters. The van der Waals surface area contributed by atoms with Crippen LogP contribution in [0.25, 0.3) is 0 Å². The number of ether oxygens (including phenoxy) is 1. The normalized spacial score (nSPS) is 11.8. The van der Waals surface area contributed by atoms with Crippen molar-refractivity contribution in [2.24, 2.45) is 0 Å². The van der Waals surface area contributed by atoms with E-state index in [-0.39, 0.29) is 12.2 Å². The zero-order chi connectivity index (χ0) is 12.1. The molecule has 1 atom stereocenters. The molecule has 16 heavy (non-hydrogen) atoms. The summed E-state index contributed by atoms with van der Waals surface area (Å²) in [4.78, 5) is 21.5. The average molecular weight is 224 g/mol. The minimum Gasteiger partial charge on any atom is -0.508 e. The van der Waals surface area contributed by atoms with Crippen LogP contribution in [0.2, 0.25) is 0 Å². The van der Waals surface area contributed by atoms with Crippen molar-refractivity contribution in [3.05, 3.63) is 29.8 Å². The van der Waals surface area contributed by atoms with Gasteiger partial charge in [0.2, 0.25) is 6.10 Å². The Morgan fingerprint density at radius 3 is 2.31 bits per heavy atom. The molecule has 5 heteroatoms. The van der Waals surface area contributed by atoms with Crippen LogP contribution >= 0.6 is 0 Å². The van der Waals surface area contributed by atoms with Crippen LogP contribution in [-0.2, 0) is 20.7 Å². The van der Waals surface area contributed by atoms with Crippen LogP contribution in [0.4, 0.5) is 0 Å². The lowest BCUT2D eigenvalue weighted by atomic mass is 10.1. The second-order valence-electron chi connectivity index (χ2n) is 3.31. The van der Waals surface area contributed by atoms with Crippen LogP contribution in [0.5, 0.6) is 5.75 Å². The van der Waals surface area contributed by atoms with Gasteiger partial charge in [0.1, 0.15) is 5.75 Å². The molecule has 0 saturated carbocycles. The molecule has 0 fully saturated rings. The second-order valence-corrected chi connectivity index (χ2v) is 3.31.